The molecule has 0 fully saturated rings. The first kappa shape index (κ1) is 35.3. The fourth-order valence-corrected chi connectivity index (χ4v) is 4.68. The molecule has 15 heteroatoms. The number of hydrogen-bond donors (Lipinski definition) is 3. The summed E-state index contributed by atoms with van der Waals surface area (Å²) in [5.41, 5.74) is 1.15. The van der Waals surface area contributed by atoms with Crippen molar-refractivity contribution in [3.8, 4) is 11.4 Å². The smallest absolute Gasteiger partial charge is 0.481 e. The van der Waals surface area contributed by atoms with E-state index in [1.54, 1.807) is 18.2 Å². The van der Waals surface area contributed by atoms with Crippen molar-refractivity contribution in [1.82, 2.24) is 15.1 Å². The second-order valence-corrected chi connectivity index (χ2v) is 10.3. The Morgan fingerprint density at radius 3 is 2.08 bits per heavy atom. The predicted octanol–water partition coefficient (Wildman–Crippen LogP) is 7.21. The number of nitrogens with one attached hydrogen (secondary N) is 2. The minimum atomic E-state index is -4.93. The van der Waals surface area contributed by atoms with E-state index in [9.17, 15) is 40.7 Å². The van der Waals surface area contributed by atoms with Gasteiger partial charge in [-0.2, -0.15) is 18.3 Å². The summed E-state index contributed by atoms with van der Waals surface area (Å²) in [6.07, 6.45) is -6.05. The number of carbonyl (C=O) groups is 3. The number of carbonyl (C=O) groups excluding carboxylic acids is 2. The van der Waals surface area contributed by atoms with E-state index in [1.807, 2.05) is 6.92 Å². The van der Waals surface area contributed by atoms with Gasteiger partial charge in [0.15, 0.2) is 0 Å². The number of carboxylic acids is 1. The molecule has 3 N–H and O–H groups in total. The van der Waals surface area contributed by atoms with Crippen molar-refractivity contribution in [1.29, 1.82) is 0 Å². The van der Waals surface area contributed by atoms with Gasteiger partial charge in [-0.1, -0.05) is 37.3 Å². The van der Waals surface area contributed by atoms with Gasteiger partial charge in [-0.15, -0.1) is 13.2 Å². The first-order chi connectivity index (χ1) is 22.6. The number of hydrogen-bond acceptors (Lipinski definition) is 5. The van der Waals surface area contributed by atoms with Crippen molar-refractivity contribution in [3.05, 3.63) is 114 Å². The van der Waals surface area contributed by atoms with Gasteiger partial charge in [0.2, 0.25) is 5.91 Å². The second-order valence-electron chi connectivity index (χ2n) is 10.3. The molecule has 48 heavy (non-hydrogen) atoms. The van der Waals surface area contributed by atoms with E-state index < -0.39 is 47.6 Å². The van der Waals surface area contributed by atoms with Crippen LogP contribution in [0.5, 0.6) is 5.75 Å². The molecule has 1 atom stereocenters. The molecule has 0 bridgehead atoms. The maximum absolute atomic E-state index is 13.9. The van der Waals surface area contributed by atoms with Crippen LogP contribution in [0.4, 0.5) is 32.0 Å². The van der Waals surface area contributed by atoms with Gasteiger partial charge in [0.1, 0.15) is 5.75 Å². The number of aromatic nitrogens is 2. The molecule has 4 rings (SSSR count). The third-order valence-electron chi connectivity index (χ3n) is 6.86. The third kappa shape index (κ3) is 9.47. The highest BCUT2D eigenvalue weighted by Gasteiger charge is 2.33. The molecule has 0 aliphatic carbocycles. The van der Waals surface area contributed by atoms with Gasteiger partial charge in [-0.3, -0.25) is 14.4 Å². The lowest BCUT2D eigenvalue weighted by Gasteiger charge is -2.22. The molecule has 0 saturated heterocycles. The molecule has 1 aromatic heterocycles. The summed E-state index contributed by atoms with van der Waals surface area (Å²) in [6, 6.07) is 16.7. The number of allylic oxidation sites excluding steroid dienone is 1. The minimum Gasteiger partial charge on any atom is -0.481 e. The van der Waals surface area contributed by atoms with Gasteiger partial charge < -0.3 is 20.5 Å². The lowest BCUT2D eigenvalue weighted by Crippen LogP contribution is -2.26. The first-order valence-corrected chi connectivity index (χ1v) is 14.3. The number of alkyl halides is 6. The van der Waals surface area contributed by atoms with E-state index in [0.717, 1.165) is 23.0 Å². The van der Waals surface area contributed by atoms with Crippen LogP contribution in [0, 0.1) is 0 Å². The fraction of sp³-hybridized carbons (Fsp3) is 0.212. The van der Waals surface area contributed by atoms with E-state index >= 15 is 0 Å². The molecule has 0 spiro atoms. The van der Waals surface area contributed by atoms with Gasteiger partial charge >= 0.3 is 18.5 Å². The third-order valence-corrected chi connectivity index (χ3v) is 6.86. The predicted molar refractivity (Wildman–Crippen MR) is 162 cm³/mol. The monoisotopic (exact) mass is 674 g/mol. The van der Waals surface area contributed by atoms with Crippen molar-refractivity contribution < 1.29 is 50.6 Å². The molecule has 9 nitrogen and oxygen atoms in total. The SMILES string of the molecule is CC/C=C(\c1ccc(C(=O)NCCC(=O)O)cc1)[C@@H](C(=O)Nc1ccc(-n2cc(C(F)(F)F)cn2)cc1)c1ccc(OC(F)(F)F)cc1. The molecule has 3 aromatic carbocycles. The fourth-order valence-electron chi connectivity index (χ4n) is 4.68. The molecule has 0 saturated carbocycles. The Morgan fingerprint density at radius 2 is 1.54 bits per heavy atom. The largest absolute Gasteiger partial charge is 0.573 e. The van der Waals surface area contributed by atoms with E-state index in [-0.39, 0.29) is 24.2 Å². The molecule has 2 amide bonds. The van der Waals surface area contributed by atoms with E-state index in [1.165, 1.54) is 48.5 Å². The topological polar surface area (TPSA) is 123 Å². The van der Waals surface area contributed by atoms with Crippen molar-refractivity contribution in [2.24, 2.45) is 0 Å². The summed E-state index contributed by atoms with van der Waals surface area (Å²) in [6.45, 7) is 1.74. The van der Waals surface area contributed by atoms with Gasteiger partial charge in [-0.25, -0.2) is 4.68 Å². The number of carboxylic acid groups (broad SMARTS) is 1. The molecular weight excluding hydrogens is 646 g/mol. The number of amides is 2. The maximum Gasteiger partial charge on any atom is 0.573 e. The zero-order chi connectivity index (χ0) is 35.1. The van der Waals surface area contributed by atoms with Crippen molar-refractivity contribution in [2.45, 2.75) is 38.2 Å². The Bertz CT molecular complexity index is 1760. The zero-order valence-electron chi connectivity index (χ0n) is 25.1. The Kier molecular flexibility index (Phi) is 10.9. The quantitative estimate of drug-likeness (QED) is 0.137. The van der Waals surface area contributed by atoms with Crippen molar-refractivity contribution in [2.75, 3.05) is 11.9 Å². The molecule has 0 radical (unpaired) electrons. The lowest BCUT2D eigenvalue weighted by atomic mass is 9.85. The summed E-state index contributed by atoms with van der Waals surface area (Å²) >= 11 is 0. The highest BCUT2D eigenvalue weighted by Crippen LogP contribution is 2.36. The van der Waals surface area contributed by atoms with Crippen LogP contribution in [0.15, 0.2) is 91.3 Å². The molecule has 0 aliphatic rings. The van der Waals surface area contributed by atoms with Gasteiger partial charge in [0, 0.05) is 24.0 Å². The van der Waals surface area contributed by atoms with Crippen LogP contribution in [-0.2, 0) is 15.8 Å². The van der Waals surface area contributed by atoms with E-state index in [4.69, 9.17) is 5.11 Å². The lowest BCUT2D eigenvalue weighted by molar-refractivity contribution is -0.274. The van der Waals surface area contributed by atoms with Crippen LogP contribution in [0.1, 0.15) is 52.7 Å². The average molecular weight is 675 g/mol. The molecule has 0 aliphatic heterocycles. The summed E-state index contributed by atoms with van der Waals surface area (Å²) in [5.74, 6) is -3.74. The number of aliphatic carboxylic acids is 1. The van der Waals surface area contributed by atoms with Crippen LogP contribution in [-0.4, -0.2) is 45.6 Å². The minimum absolute atomic E-state index is 0.0787. The number of rotatable bonds is 12. The van der Waals surface area contributed by atoms with Gasteiger partial charge in [0.25, 0.3) is 5.91 Å². The van der Waals surface area contributed by atoms with Crippen LogP contribution in [0.3, 0.4) is 0 Å². The Morgan fingerprint density at radius 1 is 0.917 bits per heavy atom. The average Bonchev–Trinajstić information content (AvgIpc) is 3.53. The highest BCUT2D eigenvalue weighted by atomic mass is 19.4. The standard InChI is InChI=1S/C33H28F6N4O5/c1-2-3-27(20-4-6-22(7-5-20)30(46)40-17-16-28(44)45)29(21-8-14-26(15-9-21)48-33(37,38)39)31(47)42-24-10-12-25(13-11-24)43-19-23(18-41-43)32(34,35)36/h3-15,18-19,29H,2,16-17H2,1H3,(H,40,46)(H,42,47)(H,44,45)/b27-3+/t29-/m0/s1. The van der Waals surface area contributed by atoms with Crippen molar-refractivity contribution in [3.63, 3.8) is 0 Å². The molecule has 4 aromatic rings. The number of nitrogens with zero attached hydrogens (tertiary/aromatic N) is 2. The first-order valence-electron chi connectivity index (χ1n) is 14.3. The molecule has 252 valence electrons. The van der Waals surface area contributed by atoms with Gasteiger partial charge in [0.05, 0.1) is 29.8 Å². The summed E-state index contributed by atoms with van der Waals surface area (Å²) in [4.78, 5) is 37.1. The maximum atomic E-state index is 13.9. The van der Waals surface area contributed by atoms with Crippen LogP contribution >= 0.6 is 0 Å². The zero-order valence-corrected chi connectivity index (χ0v) is 25.1. The van der Waals surface area contributed by atoms with Gasteiger partial charge in [-0.05, 0) is 71.7 Å². The number of ether oxygens (including phenoxy) is 1. The Labute approximate surface area is 269 Å². The van der Waals surface area contributed by atoms with Crippen LogP contribution < -0.4 is 15.4 Å². The number of halogens is 6. The second kappa shape index (κ2) is 14.9. The number of benzene rings is 3. The van der Waals surface area contributed by atoms with Crippen LogP contribution in [0.25, 0.3) is 11.3 Å². The Hall–Kier alpha value is -5.60. The summed E-state index contributed by atoms with van der Waals surface area (Å²) in [5, 5.41) is 17.8. The number of anilines is 1. The molecule has 1 heterocycles. The molecular formula is C33H28F6N4O5. The van der Waals surface area contributed by atoms with E-state index in [0.29, 0.717) is 35.0 Å². The Balaban J connectivity index is 1.64. The van der Waals surface area contributed by atoms with E-state index in [2.05, 4.69) is 20.5 Å². The van der Waals surface area contributed by atoms with Crippen LogP contribution in [0.2, 0.25) is 0 Å². The summed E-state index contributed by atoms with van der Waals surface area (Å²) < 4.78 is 82.4. The summed E-state index contributed by atoms with van der Waals surface area (Å²) in [7, 11) is 0. The van der Waals surface area contributed by atoms with Crippen molar-refractivity contribution >= 4 is 29.0 Å². The molecule has 0 unspecified atom stereocenters. The normalized spacial score (nSPS) is 12.7. The highest BCUT2D eigenvalue weighted by molar-refractivity contribution is 6.05.